The molecule has 0 saturated carbocycles. The van der Waals surface area contributed by atoms with Gasteiger partial charge in [-0.2, -0.15) is 4.31 Å². The van der Waals surface area contributed by atoms with E-state index in [-0.39, 0.29) is 17.1 Å². The predicted octanol–water partition coefficient (Wildman–Crippen LogP) is 4.25. The van der Waals surface area contributed by atoms with Crippen molar-refractivity contribution in [2.24, 2.45) is 0 Å². The molecule has 1 aliphatic rings. The lowest BCUT2D eigenvalue weighted by molar-refractivity contribution is -0.274. The zero-order valence-electron chi connectivity index (χ0n) is 16.9. The Kier molecular flexibility index (Phi) is 6.90. The lowest BCUT2D eigenvalue weighted by atomic mass is 10.1. The maximum Gasteiger partial charge on any atom is 0.573 e. The van der Waals surface area contributed by atoms with Gasteiger partial charge in [0, 0.05) is 18.8 Å². The summed E-state index contributed by atoms with van der Waals surface area (Å²) in [6, 6.07) is 9.59. The van der Waals surface area contributed by atoms with E-state index in [2.05, 4.69) is 10.1 Å². The predicted molar refractivity (Wildman–Crippen MR) is 109 cm³/mol. The van der Waals surface area contributed by atoms with Gasteiger partial charge in [0.05, 0.1) is 11.3 Å². The molecule has 1 aliphatic heterocycles. The number of hydrogen-bond acceptors (Lipinski definition) is 4. The molecule has 1 amide bonds. The third-order valence-corrected chi connectivity index (χ3v) is 6.85. The van der Waals surface area contributed by atoms with E-state index in [1.165, 1.54) is 28.6 Å². The maximum absolute atomic E-state index is 12.9. The number of aryl methyl sites for hydroxylation is 1. The number of benzene rings is 2. The maximum atomic E-state index is 12.9. The summed E-state index contributed by atoms with van der Waals surface area (Å²) in [5.41, 5.74) is 1.56. The van der Waals surface area contributed by atoms with Crippen molar-refractivity contribution in [1.29, 1.82) is 0 Å². The van der Waals surface area contributed by atoms with Gasteiger partial charge in [-0.3, -0.25) is 4.79 Å². The Morgan fingerprint density at radius 1 is 1.06 bits per heavy atom. The Bertz CT molecular complexity index is 1030. The Morgan fingerprint density at radius 3 is 2.32 bits per heavy atom. The van der Waals surface area contributed by atoms with Gasteiger partial charge in [-0.15, -0.1) is 13.2 Å². The van der Waals surface area contributed by atoms with Gasteiger partial charge in [-0.1, -0.05) is 24.6 Å². The highest BCUT2D eigenvalue weighted by molar-refractivity contribution is 7.89. The van der Waals surface area contributed by atoms with Crippen LogP contribution in [0.2, 0.25) is 0 Å². The second-order valence-corrected chi connectivity index (χ2v) is 9.30. The molecule has 0 unspecified atom stereocenters. The third-order valence-electron chi connectivity index (χ3n) is 4.96. The number of rotatable bonds is 6. The van der Waals surface area contributed by atoms with Crippen molar-refractivity contribution in [3.05, 3.63) is 53.6 Å². The molecular formula is C21H23F3N2O4S. The topological polar surface area (TPSA) is 75.7 Å². The van der Waals surface area contributed by atoms with E-state index in [4.69, 9.17) is 0 Å². The minimum absolute atomic E-state index is 0.0885. The summed E-state index contributed by atoms with van der Waals surface area (Å²) >= 11 is 0. The second kappa shape index (κ2) is 9.27. The first-order valence-electron chi connectivity index (χ1n) is 9.80. The van der Waals surface area contributed by atoms with Crippen molar-refractivity contribution in [2.45, 2.75) is 43.9 Å². The molecule has 0 aliphatic carbocycles. The number of alkyl halides is 3. The molecule has 1 N–H and O–H groups in total. The number of carbonyl (C=O) groups excluding carboxylic acids is 1. The Balaban J connectivity index is 1.69. The lowest BCUT2D eigenvalue weighted by Gasteiger charge is -2.26. The standard InChI is InChI=1S/C21H23F3N2O4S/c1-15-5-10-18(31(28,29)26-11-3-2-4-12-26)14-19(15)25-20(27)13-16-6-8-17(9-7-16)30-21(22,23)24/h5-10,14H,2-4,11-13H2,1H3,(H,25,27). The summed E-state index contributed by atoms with van der Waals surface area (Å²) in [4.78, 5) is 12.5. The summed E-state index contributed by atoms with van der Waals surface area (Å²) in [5, 5.41) is 2.69. The minimum Gasteiger partial charge on any atom is -0.406 e. The number of amides is 1. The molecule has 10 heteroatoms. The van der Waals surface area contributed by atoms with Crippen molar-refractivity contribution in [2.75, 3.05) is 18.4 Å². The summed E-state index contributed by atoms with van der Waals surface area (Å²) in [6.45, 7) is 2.70. The fourth-order valence-corrected chi connectivity index (χ4v) is 4.88. The normalized spacial score (nSPS) is 15.5. The van der Waals surface area contributed by atoms with Crippen LogP contribution in [-0.2, 0) is 21.2 Å². The van der Waals surface area contributed by atoms with E-state index in [1.54, 1.807) is 13.0 Å². The molecule has 3 rings (SSSR count). The molecule has 2 aromatic rings. The molecule has 0 atom stereocenters. The van der Waals surface area contributed by atoms with Crippen LogP contribution in [0.25, 0.3) is 0 Å². The number of nitrogens with zero attached hydrogens (tertiary/aromatic N) is 1. The van der Waals surface area contributed by atoms with Gasteiger partial charge in [0.15, 0.2) is 0 Å². The monoisotopic (exact) mass is 456 g/mol. The van der Waals surface area contributed by atoms with Crippen molar-refractivity contribution in [3.8, 4) is 5.75 Å². The average molecular weight is 456 g/mol. The van der Waals surface area contributed by atoms with E-state index >= 15 is 0 Å². The highest BCUT2D eigenvalue weighted by Crippen LogP contribution is 2.26. The summed E-state index contributed by atoms with van der Waals surface area (Å²) < 4.78 is 67.7. The van der Waals surface area contributed by atoms with Crippen LogP contribution in [0.4, 0.5) is 18.9 Å². The molecule has 1 fully saturated rings. The molecule has 31 heavy (non-hydrogen) atoms. The van der Waals surface area contributed by atoms with Crippen LogP contribution < -0.4 is 10.1 Å². The number of hydrogen-bond donors (Lipinski definition) is 1. The van der Waals surface area contributed by atoms with E-state index in [0.717, 1.165) is 31.4 Å². The van der Waals surface area contributed by atoms with Gasteiger partial charge < -0.3 is 10.1 Å². The molecule has 1 heterocycles. The largest absolute Gasteiger partial charge is 0.573 e. The van der Waals surface area contributed by atoms with Crippen molar-refractivity contribution < 1.29 is 31.1 Å². The minimum atomic E-state index is -4.78. The highest BCUT2D eigenvalue weighted by atomic mass is 32.2. The van der Waals surface area contributed by atoms with Crippen LogP contribution >= 0.6 is 0 Å². The number of nitrogens with one attached hydrogen (secondary N) is 1. The van der Waals surface area contributed by atoms with Crippen molar-refractivity contribution in [1.82, 2.24) is 4.31 Å². The number of carbonyl (C=O) groups is 1. The van der Waals surface area contributed by atoms with Gasteiger partial charge in [0.1, 0.15) is 5.75 Å². The molecule has 0 radical (unpaired) electrons. The molecule has 2 aromatic carbocycles. The van der Waals surface area contributed by atoms with Gasteiger partial charge >= 0.3 is 6.36 Å². The SMILES string of the molecule is Cc1ccc(S(=O)(=O)N2CCCCC2)cc1NC(=O)Cc1ccc(OC(F)(F)F)cc1. The summed E-state index contributed by atoms with van der Waals surface area (Å²) in [6.07, 6.45) is -2.22. The van der Waals surface area contributed by atoms with Crippen molar-refractivity contribution >= 4 is 21.6 Å². The third kappa shape index (κ3) is 6.20. The molecule has 168 valence electrons. The zero-order valence-corrected chi connectivity index (χ0v) is 17.7. The van der Waals surface area contributed by atoms with Crippen LogP contribution in [-0.4, -0.2) is 38.1 Å². The van der Waals surface area contributed by atoms with Gasteiger partial charge in [0.2, 0.25) is 15.9 Å². The first-order chi connectivity index (χ1) is 14.5. The lowest BCUT2D eigenvalue weighted by Crippen LogP contribution is -2.35. The van der Waals surface area contributed by atoms with E-state index < -0.39 is 22.3 Å². The number of anilines is 1. The van der Waals surface area contributed by atoms with Crippen LogP contribution in [0, 0.1) is 6.92 Å². The fraction of sp³-hybridized carbons (Fsp3) is 0.381. The van der Waals surface area contributed by atoms with E-state index in [9.17, 15) is 26.4 Å². The Hall–Kier alpha value is -2.59. The van der Waals surface area contributed by atoms with Crippen LogP contribution in [0.1, 0.15) is 30.4 Å². The molecule has 6 nitrogen and oxygen atoms in total. The van der Waals surface area contributed by atoms with Gasteiger partial charge in [0.25, 0.3) is 0 Å². The molecular weight excluding hydrogens is 433 g/mol. The number of ether oxygens (including phenoxy) is 1. The Labute approximate surface area is 179 Å². The second-order valence-electron chi connectivity index (χ2n) is 7.36. The first kappa shape index (κ1) is 23.1. The van der Waals surface area contributed by atoms with Crippen molar-refractivity contribution in [3.63, 3.8) is 0 Å². The number of halogens is 3. The van der Waals surface area contributed by atoms with Crippen LogP contribution in [0.15, 0.2) is 47.4 Å². The number of sulfonamides is 1. The quantitative estimate of drug-likeness (QED) is 0.705. The molecule has 0 aromatic heterocycles. The average Bonchev–Trinajstić information content (AvgIpc) is 2.70. The summed E-state index contributed by atoms with van der Waals surface area (Å²) in [5.74, 6) is -0.789. The molecule has 0 bridgehead atoms. The number of piperidine rings is 1. The van der Waals surface area contributed by atoms with Crippen LogP contribution in [0.3, 0.4) is 0 Å². The van der Waals surface area contributed by atoms with Crippen LogP contribution in [0.5, 0.6) is 5.75 Å². The molecule has 1 saturated heterocycles. The molecule has 0 spiro atoms. The van der Waals surface area contributed by atoms with Gasteiger partial charge in [-0.05, 0) is 55.2 Å². The highest BCUT2D eigenvalue weighted by Gasteiger charge is 2.31. The fourth-order valence-electron chi connectivity index (χ4n) is 3.34. The smallest absolute Gasteiger partial charge is 0.406 e. The summed E-state index contributed by atoms with van der Waals surface area (Å²) in [7, 11) is -3.64. The Morgan fingerprint density at radius 2 is 1.71 bits per heavy atom. The van der Waals surface area contributed by atoms with Gasteiger partial charge in [-0.25, -0.2) is 8.42 Å². The van der Waals surface area contributed by atoms with E-state index in [1.807, 2.05) is 0 Å². The first-order valence-corrected chi connectivity index (χ1v) is 11.2. The zero-order chi connectivity index (χ0) is 22.6. The van der Waals surface area contributed by atoms with E-state index in [0.29, 0.717) is 29.9 Å².